The van der Waals surface area contributed by atoms with Gasteiger partial charge in [0.2, 0.25) is 0 Å². The molecule has 0 aliphatic rings. The lowest BCUT2D eigenvalue weighted by molar-refractivity contribution is -0.138. The third-order valence-electron chi connectivity index (χ3n) is 2.82. The van der Waals surface area contributed by atoms with E-state index in [1.54, 1.807) is 34.6 Å². The largest absolute Gasteiger partial charge is 0.481 e. The van der Waals surface area contributed by atoms with Crippen LogP contribution in [-0.2, 0) is 15.0 Å². The van der Waals surface area contributed by atoms with Crippen molar-refractivity contribution >= 4 is 16.2 Å². The molecule has 0 amide bonds. The normalized spacial score (nSPS) is 15.1. The summed E-state index contributed by atoms with van der Waals surface area (Å²) < 4.78 is 27.7. The molecule has 6 nitrogen and oxygen atoms in total. The van der Waals surface area contributed by atoms with Crippen LogP contribution in [0.3, 0.4) is 0 Å². The summed E-state index contributed by atoms with van der Waals surface area (Å²) in [6, 6.07) is -0.839. The van der Waals surface area contributed by atoms with Gasteiger partial charge in [0.1, 0.15) is 0 Å². The minimum atomic E-state index is -3.67. The monoisotopic (exact) mass is 280 g/mol. The predicted octanol–water partition coefficient (Wildman–Crippen LogP) is 1.05. The standard InChI is InChI=1S/C11H24N2O4S/c1-8(2)13(6)18(16,17)12-9(7-10(14)15)11(3,4)5/h8-9,12H,7H2,1-6H3,(H,14,15). The van der Waals surface area contributed by atoms with Crippen LogP contribution in [0.1, 0.15) is 41.0 Å². The highest BCUT2D eigenvalue weighted by molar-refractivity contribution is 7.87. The van der Waals surface area contributed by atoms with Gasteiger partial charge in [-0.1, -0.05) is 20.8 Å². The van der Waals surface area contributed by atoms with E-state index in [1.165, 1.54) is 11.4 Å². The van der Waals surface area contributed by atoms with Crippen molar-refractivity contribution in [2.75, 3.05) is 7.05 Å². The molecular formula is C11H24N2O4S. The first-order valence-corrected chi connectivity index (χ1v) is 7.29. The highest BCUT2D eigenvalue weighted by Crippen LogP contribution is 2.23. The molecule has 0 fully saturated rings. The van der Waals surface area contributed by atoms with Crippen molar-refractivity contribution in [1.82, 2.24) is 9.03 Å². The van der Waals surface area contributed by atoms with Crippen molar-refractivity contribution in [3.8, 4) is 0 Å². The lowest BCUT2D eigenvalue weighted by Gasteiger charge is -2.32. The number of hydrogen-bond acceptors (Lipinski definition) is 3. The predicted molar refractivity (Wildman–Crippen MR) is 70.5 cm³/mol. The van der Waals surface area contributed by atoms with E-state index >= 15 is 0 Å². The fourth-order valence-electron chi connectivity index (χ4n) is 1.24. The summed E-state index contributed by atoms with van der Waals surface area (Å²) in [7, 11) is -2.20. The minimum absolute atomic E-state index is 0.187. The summed E-state index contributed by atoms with van der Waals surface area (Å²) in [4.78, 5) is 10.8. The van der Waals surface area contributed by atoms with E-state index in [1.807, 2.05) is 0 Å². The van der Waals surface area contributed by atoms with Gasteiger partial charge < -0.3 is 5.11 Å². The molecule has 0 saturated carbocycles. The van der Waals surface area contributed by atoms with Crippen molar-refractivity contribution in [3.05, 3.63) is 0 Å². The third-order valence-corrected chi connectivity index (χ3v) is 4.58. The fraction of sp³-hybridized carbons (Fsp3) is 0.909. The van der Waals surface area contributed by atoms with E-state index in [0.717, 1.165) is 0 Å². The molecule has 0 spiro atoms. The zero-order chi connectivity index (χ0) is 14.7. The summed E-state index contributed by atoms with van der Waals surface area (Å²) in [6.45, 7) is 8.92. The van der Waals surface area contributed by atoms with E-state index in [9.17, 15) is 13.2 Å². The van der Waals surface area contributed by atoms with Crippen LogP contribution >= 0.6 is 0 Å². The van der Waals surface area contributed by atoms with Gasteiger partial charge >= 0.3 is 5.97 Å². The second-order valence-electron chi connectivity index (χ2n) is 5.75. The Morgan fingerprint density at radius 3 is 2.06 bits per heavy atom. The van der Waals surface area contributed by atoms with Gasteiger partial charge in [-0.25, -0.2) is 0 Å². The lowest BCUT2D eigenvalue weighted by Crippen LogP contribution is -2.51. The molecule has 1 atom stereocenters. The average molecular weight is 280 g/mol. The number of carbonyl (C=O) groups is 1. The van der Waals surface area contributed by atoms with Crippen molar-refractivity contribution < 1.29 is 18.3 Å². The molecule has 0 radical (unpaired) electrons. The SMILES string of the molecule is CC(C)N(C)S(=O)(=O)NC(CC(=O)O)C(C)(C)C. The molecular weight excluding hydrogens is 256 g/mol. The number of rotatable bonds is 6. The Morgan fingerprint density at radius 1 is 1.33 bits per heavy atom. The zero-order valence-electron chi connectivity index (χ0n) is 11.9. The maximum Gasteiger partial charge on any atom is 0.304 e. The summed E-state index contributed by atoms with van der Waals surface area (Å²) >= 11 is 0. The molecule has 1 unspecified atom stereocenters. The van der Waals surface area contributed by atoms with Crippen molar-refractivity contribution in [2.45, 2.75) is 53.1 Å². The molecule has 0 aliphatic heterocycles. The first-order valence-electron chi connectivity index (χ1n) is 5.85. The van der Waals surface area contributed by atoms with Gasteiger partial charge in [0.05, 0.1) is 6.42 Å². The van der Waals surface area contributed by atoms with Crippen LogP contribution in [0.4, 0.5) is 0 Å². The molecule has 0 aromatic carbocycles. The second kappa shape index (κ2) is 5.99. The maximum atomic E-state index is 12.0. The third kappa shape index (κ3) is 5.32. The maximum absolute atomic E-state index is 12.0. The molecule has 18 heavy (non-hydrogen) atoms. The van der Waals surface area contributed by atoms with Gasteiger partial charge in [-0.3, -0.25) is 4.79 Å². The smallest absolute Gasteiger partial charge is 0.304 e. The molecule has 0 aromatic heterocycles. The molecule has 108 valence electrons. The van der Waals surface area contributed by atoms with Crippen LogP contribution in [0.5, 0.6) is 0 Å². The molecule has 2 N–H and O–H groups in total. The molecule has 0 bridgehead atoms. The molecule has 0 aromatic rings. The van der Waals surface area contributed by atoms with Gasteiger partial charge in [0, 0.05) is 19.1 Å². The number of aliphatic carboxylic acids is 1. The molecule has 0 heterocycles. The Kier molecular flexibility index (Phi) is 5.77. The van der Waals surface area contributed by atoms with Crippen molar-refractivity contribution in [2.24, 2.45) is 5.41 Å². The van der Waals surface area contributed by atoms with Crippen LogP contribution in [0.25, 0.3) is 0 Å². The number of nitrogens with zero attached hydrogens (tertiary/aromatic N) is 1. The molecule has 0 aliphatic carbocycles. The number of hydrogen-bond donors (Lipinski definition) is 2. The van der Waals surface area contributed by atoms with Crippen molar-refractivity contribution in [1.29, 1.82) is 0 Å². The van der Waals surface area contributed by atoms with Crippen LogP contribution in [0.2, 0.25) is 0 Å². The Balaban J connectivity index is 5.05. The van der Waals surface area contributed by atoms with Gasteiger partial charge in [-0.15, -0.1) is 0 Å². The first-order chi connectivity index (χ1) is 7.88. The van der Waals surface area contributed by atoms with E-state index in [0.29, 0.717) is 0 Å². The Morgan fingerprint density at radius 2 is 1.78 bits per heavy atom. The zero-order valence-corrected chi connectivity index (χ0v) is 12.7. The summed E-state index contributed by atoms with van der Waals surface area (Å²) in [5.74, 6) is -1.02. The highest BCUT2D eigenvalue weighted by atomic mass is 32.2. The molecule has 0 rings (SSSR count). The van der Waals surface area contributed by atoms with E-state index in [-0.39, 0.29) is 12.5 Å². The van der Waals surface area contributed by atoms with E-state index in [4.69, 9.17) is 5.11 Å². The van der Waals surface area contributed by atoms with Gasteiger partial charge in [-0.05, 0) is 19.3 Å². The first kappa shape index (κ1) is 17.3. The fourth-order valence-corrected chi connectivity index (χ4v) is 2.76. The van der Waals surface area contributed by atoms with Crippen molar-refractivity contribution in [3.63, 3.8) is 0 Å². The number of carboxylic acids is 1. The highest BCUT2D eigenvalue weighted by Gasteiger charge is 2.32. The van der Waals surface area contributed by atoms with E-state index in [2.05, 4.69) is 4.72 Å². The van der Waals surface area contributed by atoms with Crippen LogP contribution in [0.15, 0.2) is 0 Å². The number of carboxylic acid groups (broad SMARTS) is 1. The average Bonchev–Trinajstić information content (AvgIpc) is 2.12. The van der Waals surface area contributed by atoms with Gasteiger partial charge in [0.15, 0.2) is 0 Å². The van der Waals surface area contributed by atoms with Gasteiger partial charge in [0.25, 0.3) is 10.2 Å². The second-order valence-corrected chi connectivity index (χ2v) is 7.51. The van der Waals surface area contributed by atoms with Crippen LogP contribution in [-0.4, -0.2) is 42.9 Å². The lowest BCUT2D eigenvalue weighted by atomic mass is 9.85. The summed E-state index contributed by atoms with van der Waals surface area (Å²) in [5, 5.41) is 8.84. The summed E-state index contributed by atoms with van der Waals surface area (Å²) in [6.07, 6.45) is -0.241. The Hall–Kier alpha value is -0.660. The van der Waals surface area contributed by atoms with Crippen LogP contribution in [0, 0.1) is 5.41 Å². The molecule has 7 heteroatoms. The van der Waals surface area contributed by atoms with Gasteiger partial charge in [-0.2, -0.15) is 17.4 Å². The van der Waals surface area contributed by atoms with E-state index < -0.39 is 27.6 Å². The number of nitrogens with one attached hydrogen (secondary N) is 1. The van der Waals surface area contributed by atoms with Crippen LogP contribution < -0.4 is 4.72 Å². The molecule has 0 saturated heterocycles. The minimum Gasteiger partial charge on any atom is -0.481 e. The quantitative estimate of drug-likeness (QED) is 0.761. The Bertz CT molecular complexity index is 384. The topological polar surface area (TPSA) is 86.7 Å². The Labute approximate surface area is 110 Å². The summed E-state index contributed by atoms with van der Waals surface area (Å²) in [5.41, 5.74) is -0.469.